The van der Waals surface area contributed by atoms with Crippen LogP contribution >= 0.6 is 0 Å². The number of ether oxygens (including phenoxy) is 2. The van der Waals surface area contributed by atoms with Gasteiger partial charge in [0, 0.05) is 0 Å². The summed E-state index contributed by atoms with van der Waals surface area (Å²) in [5, 5.41) is 20.2. The maximum absolute atomic E-state index is 12.5. The van der Waals surface area contributed by atoms with E-state index in [-0.39, 0.29) is 43.4 Å². The number of H-pyrrole nitrogens is 1. The molecule has 38 heavy (non-hydrogen) atoms. The van der Waals surface area contributed by atoms with Crippen LogP contribution in [0.25, 0.3) is 0 Å². The van der Waals surface area contributed by atoms with Crippen molar-refractivity contribution in [3.8, 4) is 0 Å². The predicted octanol–water partition coefficient (Wildman–Crippen LogP) is 2.19. The van der Waals surface area contributed by atoms with Gasteiger partial charge in [-0.25, -0.2) is 23.5 Å². The second kappa shape index (κ2) is 13.9. The number of rotatable bonds is 13. The van der Waals surface area contributed by atoms with Gasteiger partial charge in [0.05, 0.1) is 50.7 Å². The van der Waals surface area contributed by atoms with Crippen molar-refractivity contribution >= 4 is 0 Å². The Morgan fingerprint density at radius 3 is 1.84 bits per heavy atom. The lowest BCUT2D eigenvalue weighted by Crippen LogP contribution is -2.51. The molecule has 0 aliphatic heterocycles. The third-order valence-electron chi connectivity index (χ3n) is 8.84. The lowest BCUT2D eigenvalue weighted by molar-refractivity contribution is -0.0616. The summed E-state index contributed by atoms with van der Waals surface area (Å²) in [6, 6.07) is 0. The minimum Gasteiger partial charge on any atom is -0.391 e. The minimum absolute atomic E-state index is 0.0158. The highest BCUT2D eigenvalue weighted by molar-refractivity contribution is 4.91. The predicted molar refractivity (Wildman–Crippen MR) is 145 cm³/mol. The van der Waals surface area contributed by atoms with Crippen molar-refractivity contribution in [3.05, 3.63) is 44.1 Å². The largest absolute Gasteiger partial charge is 0.391 e. The lowest BCUT2D eigenvalue weighted by atomic mass is 9.60. The van der Waals surface area contributed by atoms with Gasteiger partial charge in [0.25, 0.3) is 0 Å². The molecule has 1 aromatic rings. The molecule has 2 atom stereocenters. The SMILES string of the molecule is C=CCn1c(=O)[nH]c(=O)n(CC(O)COC2CCC(C(C)(C)C3CCC(OCC(O)CC)CC3)CC2)c1=O. The number of nitrogens with one attached hydrogen (secondary N) is 1. The summed E-state index contributed by atoms with van der Waals surface area (Å²) in [5.41, 5.74) is -2.19. The van der Waals surface area contributed by atoms with E-state index in [0.717, 1.165) is 66.9 Å². The highest BCUT2D eigenvalue weighted by Crippen LogP contribution is 2.48. The Labute approximate surface area is 224 Å². The van der Waals surface area contributed by atoms with Crippen molar-refractivity contribution in [2.24, 2.45) is 17.3 Å². The molecule has 0 bridgehead atoms. The molecule has 2 aliphatic carbocycles. The molecule has 2 saturated carbocycles. The van der Waals surface area contributed by atoms with Crippen molar-refractivity contribution in [2.75, 3.05) is 13.2 Å². The van der Waals surface area contributed by atoms with Crippen LogP contribution in [0.2, 0.25) is 0 Å². The molecule has 1 aromatic heterocycles. The summed E-state index contributed by atoms with van der Waals surface area (Å²) in [6.45, 7) is 10.4. The van der Waals surface area contributed by atoms with Crippen LogP contribution in [0, 0.1) is 17.3 Å². The highest BCUT2D eigenvalue weighted by Gasteiger charge is 2.40. The molecule has 0 spiro atoms. The molecule has 10 nitrogen and oxygen atoms in total. The van der Waals surface area contributed by atoms with E-state index in [1.54, 1.807) is 0 Å². The summed E-state index contributed by atoms with van der Waals surface area (Å²) in [6.07, 6.45) is 9.38. The van der Waals surface area contributed by atoms with Crippen molar-refractivity contribution in [1.82, 2.24) is 14.1 Å². The monoisotopic (exact) mass is 537 g/mol. The topological polar surface area (TPSA) is 136 Å². The van der Waals surface area contributed by atoms with Crippen molar-refractivity contribution in [1.29, 1.82) is 0 Å². The zero-order chi connectivity index (χ0) is 27.9. The fourth-order valence-electron chi connectivity index (χ4n) is 6.15. The van der Waals surface area contributed by atoms with Gasteiger partial charge in [0.15, 0.2) is 0 Å². The lowest BCUT2D eigenvalue weighted by Gasteiger charge is -2.46. The second-order valence-corrected chi connectivity index (χ2v) is 11.7. The van der Waals surface area contributed by atoms with Gasteiger partial charge in [-0.05, 0) is 75.0 Å². The molecule has 0 aromatic carbocycles. The van der Waals surface area contributed by atoms with Crippen LogP contribution in [-0.2, 0) is 22.6 Å². The van der Waals surface area contributed by atoms with Gasteiger partial charge in [-0.2, -0.15) is 0 Å². The number of aromatic amines is 1. The standard InChI is InChI=1S/C28H47N3O7/c1-5-15-30-25(34)29-26(35)31(27(30)36)16-22(33)18-38-24-13-9-20(10-14-24)28(3,4)19-7-11-23(12-8-19)37-17-21(32)6-2/h5,19-24,32-33H,1,6-18H2,2-4H3,(H,29,34,35). The van der Waals surface area contributed by atoms with Crippen LogP contribution in [0.5, 0.6) is 0 Å². The Bertz CT molecular complexity index is 1060. The molecule has 0 radical (unpaired) electrons. The van der Waals surface area contributed by atoms with E-state index < -0.39 is 23.2 Å². The van der Waals surface area contributed by atoms with Crippen molar-refractivity contribution in [2.45, 2.75) is 116 Å². The molecular formula is C28H47N3O7. The number of hydrogen-bond acceptors (Lipinski definition) is 7. The third-order valence-corrected chi connectivity index (χ3v) is 8.84. The average molecular weight is 538 g/mol. The average Bonchev–Trinajstić information content (AvgIpc) is 2.91. The van der Waals surface area contributed by atoms with Crippen LogP contribution in [0.4, 0.5) is 0 Å². The zero-order valence-corrected chi connectivity index (χ0v) is 23.3. The second-order valence-electron chi connectivity index (χ2n) is 11.7. The molecule has 3 N–H and O–H groups in total. The zero-order valence-electron chi connectivity index (χ0n) is 23.3. The molecule has 2 aliphatic rings. The van der Waals surface area contributed by atoms with E-state index in [1.807, 2.05) is 6.92 Å². The Hall–Kier alpha value is -2.01. The highest BCUT2D eigenvalue weighted by atomic mass is 16.5. The van der Waals surface area contributed by atoms with Gasteiger partial charge in [0.2, 0.25) is 0 Å². The molecule has 216 valence electrons. The Balaban J connectivity index is 1.44. The van der Waals surface area contributed by atoms with Gasteiger partial charge in [0.1, 0.15) is 0 Å². The van der Waals surface area contributed by atoms with Crippen molar-refractivity contribution in [3.63, 3.8) is 0 Å². The molecular weight excluding hydrogens is 490 g/mol. The van der Waals surface area contributed by atoms with E-state index in [4.69, 9.17) is 9.47 Å². The maximum atomic E-state index is 12.5. The van der Waals surface area contributed by atoms with E-state index in [9.17, 15) is 24.6 Å². The number of nitrogens with zero attached hydrogens (tertiary/aromatic N) is 2. The molecule has 10 heteroatoms. The molecule has 3 rings (SSSR count). The van der Waals surface area contributed by atoms with E-state index in [0.29, 0.717) is 18.4 Å². The maximum Gasteiger partial charge on any atom is 0.336 e. The molecule has 0 saturated heterocycles. The number of hydrogen-bond donors (Lipinski definition) is 3. The van der Waals surface area contributed by atoms with Crippen LogP contribution in [-0.4, -0.2) is 62.0 Å². The summed E-state index contributed by atoms with van der Waals surface area (Å²) < 4.78 is 13.6. The van der Waals surface area contributed by atoms with Gasteiger partial charge >= 0.3 is 17.1 Å². The summed E-state index contributed by atoms with van der Waals surface area (Å²) in [4.78, 5) is 38.5. The first kappa shape index (κ1) is 30.5. The number of aliphatic hydroxyl groups excluding tert-OH is 2. The first-order valence-electron chi connectivity index (χ1n) is 14.2. The van der Waals surface area contributed by atoms with E-state index in [2.05, 4.69) is 25.4 Å². The number of aromatic nitrogens is 3. The summed E-state index contributed by atoms with van der Waals surface area (Å²) >= 11 is 0. The fourth-order valence-corrected chi connectivity index (χ4v) is 6.15. The van der Waals surface area contributed by atoms with Gasteiger partial charge in [-0.3, -0.25) is 4.98 Å². The third kappa shape index (κ3) is 7.77. The minimum atomic E-state index is -1.05. The Morgan fingerprint density at radius 2 is 1.37 bits per heavy atom. The fraction of sp³-hybridized carbons (Fsp3) is 0.821. The summed E-state index contributed by atoms with van der Waals surface area (Å²) in [7, 11) is 0. The van der Waals surface area contributed by atoms with Crippen LogP contribution in [0.1, 0.15) is 78.6 Å². The smallest absolute Gasteiger partial charge is 0.336 e. The number of allylic oxidation sites excluding steroid dienone is 1. The van der Waals surface area contributed by atoms with E-state index >= 15 is 0 Å². The molecule has 2 unspecified atom stereocenters. The van der Waals surface area contributed by atoms with Crippen molar-refractivity contribution < 1.29 is 19.7 Å². The van der Waals surface area contributed by atoms with Crippen LogP contribution in [0.15, 0.2) is 27.0 Å². The number of aliphatic hydroxyl groups is 2. The molecule has 0 amide bonds. The van der Waals surface area contributed by atoms with E-state index in [1.165, 1.54) is 6.08 Å². The van der Waals surface area contributed by atoms with Crippen LogP contribution < -0.4 is 17.1 Å². The first-order valence-corrected chi connectivity index (χ1v) is 14.2. The van der Waals surface area contributed by atoms with Crippen LogP contribution in [0.3, 0.4) is 0 Å². The Kier molecular flexibility index (Phi) is 11.1. The molecule has 2 fully saturated rings. The normalized spacial score (nSPS) is 26.1. The summed E-state index contributed by atoms with van der Waals surface area (Å²) in [5.74, 6) is 1.27. The molecule has 1 heterocycles. The Morgan fingerprint density at radius 1 is 0.895 bits per heavy atom. The van der Waals surface area contributed by atoms with Gasteiger partial charge in [-0.1, -0.05) is 26.8 Å². The van der Waals surface area contributed by atoms with Gasteiger partial charge < -0.3 is 19.7 Å². The van der Waals surface area contributed by atoms with Gasteiger partial charge in [-0.15, -0.1) is 6.58 Å². The first-order chi connectivity index (χ1) is 18.1. The quantitative estimate of drug-likeness (QED) is 0.328.